The average molecular weight is 439 g/mol. The van der Waals surface area contributed by atoms with Gasteiger partial charge in [-0.15, -0.1) is 0 Å². The number of amides is 1. The largest absolute Gasteiger partial charge is 0.478 e. The molecule has 0 saturated carbocycles. The molecule has 160 valence electrons. The number of hydrogen-bond acceptors (Lipinski definition) is 4. The quantitative estimate of drug-likeness (QED) is 0.583. The molecular weight excluding hydrogens is 416 g/mol. The van der Waals surface area contributed by atoms with Gasteiger partial charge in [0.25, 0.3) is 10.0 Å². The Bertz CT molecular complexity index is 1220. The number of carboxylic acid groups (broad SMARTS) is 1. The average Bonchev–Trinajstić information content (AvgIpc) is 2.75. The van der Waals surface area contributed by atoms with E-state index in [4.69, 9.17) is 5.11 Å². The van der Waals surface area contributed by atoms with Gasteiger partial charge in [-0.1, -0.05) is 30.3 Å². The van der Waals surface area contributed by atoms with E-state index in [1.165, 1.54) is 36.4 Å². The maximum atomic E-state index is 13.3. The van der Waals surface area contributed by atoms with Crippen molar-refractivity contribution >= 4 is 33.3 Å². The zero-order valence-electron chi connectivity index (χ0n) is 17.1. The number of aryl methyl sites for hydroxylation is 2. The molecular formula is C23H22N2O5S. The van der Waals surface area contributed by atoms with Crippen LogP contribution in [0.15, 0.2) is 77.7 Å². The first-order valence-corrected chi connectivity index (χ1v) is 10.9. The molecule has 0 spiro atoms. The molecule has 0 heterocycles. The number of nitrogens with zero attached hydrogens (tertiary/aromatic N) is 1. The Morgan fingerprint density at radius 1 is 0.903 bits per heavy atom. The van der Waals surface area contributed by atoms with Crippen LogP contribution in [0.25, 0.3) is 0 Å². The Kier molecular flexibility index (Phi) is 6.41. The van der Waals surface area contributed by atoms with Crippen molar-refractivity contribution in [3.8, 4) is 0 Å². The summed E-state index contributed by atoms with van der Waals surface area (Å²) < 4.78 is 27.7. The van der Waals surface area contributed by atoms with Crippen molar-refractivity contribution < 1.29 is 23.1 Å². The Balaban J connectivity index is 1.95. The van der Waals surface area contributed by atoms with Gasteiger partial charge in [-0.3, -0.25) is 9.10 Å². The first-order valence-electron chi connectivity index (χ1n) is 9.47. The van der Waals surface area contributed by atoms with Gasteiger partial charge in [-0.05, 0) is 67.4 Å². The molecule has 0 aliphatic heterocycles. The summed E-state index contributed by atoms with van der Waals surface area (Å²) in [6, 6.07) is 18.8. The molecule has 0 unspecified atom stereocenters. The van der Waals surface area contributed by atoms with Gasteiger partial charge < -0.3 is 10.4 Å². The molecule has 0 aliphatic rings. The van der Waals surface area contributed by atoms with Crippen molar-refractivity contribution in [2.24, 2.45) is 0 Å². The summed E-state index contributed by atoms with van der Waals surface area (Å²) in [6.07, 6.45) is 0. The first kappa shape index (κ1) is 22.0. The smallest absolute Gasteiger partial charge is 0.335 e. The first-order chi connectivity index (χ1) is 14.7. The summed E-state index contributed by atoms with van der Waals surface area (Å²) >= 11 is 0. The van der Waals surface area contributed by atoms with Gasteiger partial charge in [-0.2, -0.15) is 0 Å². The molecule has 31 heavy (non-hydrogen) atoms. The third-order valence-corrected chi connectivity index (χ3v) is 6.58. The molecule has 3 aromatic carbocycles. The molecule has 0 atom stereocenters. The molecule has 0 radical (unpaired) electrons. The Hall–Kier alpha value is -3.65. The minimum atomic E-state index is -4.01. The maximum absolute atomic E-state index is 13.3. The number of benzene rings is 3. The highest BCUT2D eigenvalue weighted by Crippen LogP contribution is 2.26. The Morgan fingerprint density at radius 3 is 2.26 bits per heavy atom. The number of aromatic carboxylic acids is 1. The van der Waals surface area contributed by atoms with Gasteiger partial charge in [0.1, 0.15) is 6.54 Å². The highest BCUT2D eigenvalue weighted by molar-refractivity contribution is 7.92. The van der Waals surface area contributed by atoms with Crippen LogP contribution >= 0.6 is 0 Å². The van der Waals surface area contributed by atoms with Gasteiger partial charge in [0, 0.05) is 5.69 Å². The van der Waals surface area contributed by atoms with Crippen molar-refractivity contribution in [2.75, 3.05) is 16.2 Å². The van der Waals surface area contributed by atoms with E-state index in [2.05, 4.69) is 5.32 Å². The van der Waals surface area contributed by atoms with E-state index in [1.54, 1.807) is 36.4 Å². The normalized spacial score (nSPS) is 11.0. The second-order valence-electron chi connectivity index (χ2n) is 7.03. The van der Waals surface area contributed by atoms with E-state index in [0.717, 1.165) is 15.4 Å². The Labute approximate surface area is 181 Å². The predicted molar refractivity (Wildman–Crippen MR) is 119 cm³/mol. The number of carbonyl (C=O) groups is 2. The highest BCUT2D eigenvalue weighted by atomic mass is 32.2. The van der Waals surface area contributed by atoms with Crippen LogP contribution in [0.2, 0.25) is 0 Å². The third-order valence-electron chi connectivity index (χ3n) is 4.79. The lowest BCUT2D eigenvalue weighted by Crippen LogP contribution is -2.38. The fourth-order valence-corrected chi connectivity index (χ4v) is 4.41. The molecule has 3 aromatic rings. The summed E-state index contributed by atoms with van der Waals surface area (Å²) in [5.74, 6) is -1.72. The molecule has 7 nitrogen and oxygen atoms in total. The van der Waals surface area contributed by atoms with Crippen molar-refractivity contribution in [1.82, 2.24) is 0 Å². The van der Waals surface area contributed by atoms with E-state index < -0.39 is 28.4 Å². The van der Waals surface area contributed by atoms with Gasteiger partial charge >= 0.3 is 5.97 Å². The molecule has 0 fully saturated rings. The Morgan fingerprint density at radius 2 is 1.61 bits per heavy atom. The van der Waals surface area contributed by atoms with E-state index >= 15 is 0 Å². The number of anilines is 2. The zero-order valence-corrected chi connectivity index (χ0v) is 17.9. The van der Waals surface area contributed by atoms with Crippen molar-refractivity contribution in [2.45, 2.75) is 18.7 Å². The molecule has 0 saturated heterocycles. The van der Waals surface area contributed by atoms with E-state index in [9.17, 15) is 18.0 Å². The highest BCUT2D eigenvalue weighted by Gasteiger charge is 2.27. The summed E-state index contributed by atoms with van der Waals surface area (Å²) in [5.41, 5.74) is 2.53. The number of carboxylic acids is 1. The van der Waals surface area contributed by atoms with E-state index in [0.29, 0.717) is 5.69 Å². The predicted octanol–water partition coefficient (Wildman–Crippen LogP) is 3.84. The molecule has 0 bridgehead atoms. The molecule has 8 heteroatoms. The zero-order chi connectivity index (χ0) is 22.6. The van der Waals surface area contributed by atoms with E-state index in [-0.39, 0.29) is 16.1 Å². The molecule has 1 amide bonds. The SMILES string of the molecule is Cc1ccc(N(CC(=O)Nc2cccc(C(=O)O)c2)S(=O)(=O)c2ccccc2)cc1C. The van der Waals surface area contributed by atoms with Crippen LogP contribution in [-0.2, 0) is 14.8 Å². The third kappa shape index (κ3) is 5.10. The molecule has 0 aliphatic carbocycles. The summed E-state index contributed by atoms with van der Waals surface area (Å²) in [7, 11) is -4.01. The fourth-order valence-electron chi connectivity index (χ4n) is 2.98. The van der Waals surface area contributed by atoms with Crippen LogP contribution in [0.4, 0.5) is 11.4 Å². The van der Waals surface area contributed by atoms with Crippen LogP contribution in [0.1, 0.15) is 21.5 Å². The standard InChI is InChI=1S/C23H22N2O5S/c1-16-11-12-20(13-17(16)2)25(31(29,30)21-9-4-3-5-10-21)15-22(26)24-19-8-6-7-18(14-19)23(27)28/h3-14H,15H2,1-2H3,(H,24,26)(H,27,28). The van der Waals surface area contributed by atoms with Crippen molar-refractivity contribution in [1.29, 1.82) is 0 Å². The number of hydrogen-bond donors (Lipinski definition) is 2. The second-order valence-corrected chi connectivity index (χ2v) is 8.89. The summed E-state index contributed by atoms with van der Waals surface area (Å²) in [5, 5.41) is 11.7. The molecule has 3 rings (SSSR count). The van der Waals surface area contributed by atoms with Gasteiger partial charge in [-0.25, -0.2) is 13.2 Å². The van der Waals surface area contributed by atoms with Gasteiger partial charge in [0.05, 0.1) is 16.1 Å². The summed E-state index contributed by atoms with van der Waals surface area (Å²) in [6.45, 7) is 3.30. The molecule has 2 N–H and O–H groups in total. The van der Waals surface area contributed by atoms with Crippen LogP contribution in [0.3, 0.4) is 0 Å². The minimum absolute atomic E-state index is 0.0146. The van der Waals surface area contributed by atoms with Gasteiger partial charge in [0.15, 0.2) is 0 Å². The lowest BCUT2D eigenvalue weighted by Gasteiger charge is -2.25. The van der Waals surface area contributed by atoms with Crippen LogP contribution < -0.4 is 9.62 Å². The van der Waals surface area contributed by atoms with E-state index in [1.807, 2.05) is 13.8 Å². The van der Waals surface area contributed by atoms with Crippen molar-refractivity contribution in [3.05, 3.63) is 89.5 Å². The molecule has 0 aromatic heterocycles. The van der Waals surface area contributed by atoms with Crippen LogP contribution in [0.5, 0.6) is 0 Å². The summed E-state index contributed by atoms with van der Waals surface area (Å²) in [4.78, 5) is 24.0. The van der Waals surface area contributed by atoms with Crippen LogP contribution in [-0.4, -0.2) is 31.9 Å². The second kappa shape index (κ2) is 9.01. The van der Waals surface area contributed by atoms with Gasteiger partial charge in [0.2, 0.25) is 5.91 Å². The lowest BCUT2D eigenvalue weighted by molar-refractivity contribution is -0.114. The maximum Gasteiger partial charge on any atom is 0.335 e. The lowest BCUT2D eigenvalue weighted by atomic mass is 10.1. The number of nitrogens with one attached hydrogen (secondary N) is 1. The topological polar surface area (TPSA) is 104 Å². The van der Waals surface area contributed by atoms with Crippen molar-refractivity contribution in [3.63, 3.8) is 0 Å². The fraction of sp³-hybridized carbons (Fsp3) is 0.130. The van der Waals surface area contributed by atoms with Crippen LogP contribution in [0, 0.1) is 13.8 Å². The number of carbonyl (C=O) groups excluding carboxylic acids is 1. The minimum Gasteiger partial charge on any atom is -0.478 e. The number of sulfonamides is 1. The monoisotopic (exact) mass is 438 g/mol. The number of rotatable bonds is 7.